The van der Waals surface area contributed by atoms with Crippen molar-refractivity contribution in [2.24, 2.45) is 0 Å². The third kappa shape index (κ3) is 2.00. The zero-order chi connectivity index (χ0) is 6.78. The highest BCUT2D eigenvalue weighted by molar-refractivity contribution is 9.10. The largest absolute Gasteiger partial charge is 0.336 e. The number of ether oxygens (including phenoxy) is 1. The first-order valence-corrected chi connectivity index (χ1v) is 2.51. The van der Waals surface area contributed by atoms with Gasteiger partial charge >= 0.3 is 11.2 Å². The summed E-state index contributed by atoms with van der Waals surface area (Å²) in [6.45, 7) is 0. The summed E-state index contributed by atoms with van der Waals surface area (Å²) in [4.78, 5) is 0. The highest BCUT2D eigenvalue weighted by Gasteiger charge is 2.37. The summed E-state index contributed by atoms with van der Waals surface area (Å²) in [5.41, 5.74) is 0. The molecule has 0 radical (unpaired) electrons. The van der Waals surface area contributed by atoms with E-state index in [1.54, 1.807) is 0 Å². The molecule has 8 heavy (non-hydrogen) atoms. The Morgan fingerprint density at radius 3 is 2.00 bits per heavy atom. The van der Waals surface area contributed by atoms with Crippen molar-refractivity contribution in [1.82, 2.24) is 0 Å². The Kier molecular flexibility index (Phi) is 2.76. The summed E-state index contributed by atoms with van der Waals surface area (Å²) in [5, 5.41) is 0. The van der Waals surface area contributed by atoms with Crippen molar-refractivity contribution in [3.05, 3.63) is 0 Å². The number of alkyl halides is 4. The second kappa shape index (κ2) is 2.68. The molecular formula is C3H4BrF3O. The second-order valence-electron chi connectivity index (χ2n) is 1.07. The minimum atomic E-state index is -3.16. The van der Waals surface area contributed by atoms with Gasteiger partial charge < -0.3 is 4.74 Å². The van der Waals surface area contributed by atoms with Crippen LogP contribution in [-0.2, 0) is 4.74 Å². The first-order valence-electron chi connectivity index (χ1n) is 1.72. The van der Waals surface area contributed by atoms with E-state index >= 15 is 0 Å². The molecule has 0 rings (SSSR count). The van der Waals surface area contributed by atoms with Crippen LogP contribution in [0.5, 0.6) is 0 Å². The van der Waals surface area contributed by atoms with Crippen molar-refractivity contribution in [3.63, 3.8) is 0 Å². The Labute approximate surface area is 52.9 Å². The molecule has 1 atom stereocenters. The summed E-state index contributed by atoms with van der Waals surface area (Å²) < 4.78 is 35.1. The molecule has 0 aliphatic carbocycles. The summed E-state index contributed by atoms with van der Waals surface area (Å²) in [5.74, 6) is 0. The Hall–Kier alpha value is 0.230. The maximum absolute atomic E-state index is 11.9. The van der Waals surface area contributed by atoms with E-state index < -0.39 is 11.2 Å². The van der Waals surface area contributed by atoms with Crippen molar-refractivity contribution < 1.29 is 17.9 Å². The van der Waals surface area contributed by atoms with Gasteiger partial charge in [0, 0.05) is 7.11 Å². The van der Waals surface area contributed by atoms with Gasteiger partial charge in [0.2, 0.25) is 0 Å². The van der Waals surface area contributed by atoms with Crippen LogP contribution >= 0.6 is 15.9 Å². The second-order valence-corrected chi connectivity index (χ2v) is 2.15. The zero-order valence-electron chi connectivity index (χ0n) is 4.00. The van der Waals surface area contributed by atoms with Crippen LogP contribution in [-0.4, -0.2) is 18.3 Å². The molecule has 0 spiro atoms. The van der Waals surface area contributed by atoms with E-state index in [4.69, 9.17) is 0 Å². The lowest BCUT2D eigenvalue weighted by Crippen LogP contribution is -2.25. The SMILES string of the molecule is COC(F)(Br)C(F)F. The van der Waals surface area contributed by atoms with Crippen LogP contribution in [0.25, 0.3) is 0 Å². The maximum atomic E-state index is 11.9. The van der Waals surface area contributed by atoms with E-state index in [-0.39, 0.29) is 0 Å². The Bertz CT molecular complexity index is 74.9. The van der Waals surface area contributed by atoms with E-state index in [1.807, 2.05) is 15.9 Å². The number of methoxy groups -OCH3 is 1. The van der Waals surface area contributed by atoms with Crippen LogP contribution < -0.4 is 0 Å². The molecule has 0 aliphatic heterocycles. The normalized spacial score (nSPS) is 18.8. The van der Waals surface area contributed by atoms with Crippen LogP contribution in [0, 0.1) is 0 Å². The third-order valence-corrected chi connectivity index (χ3v) is 1.20. The predicted octanol–water partition coefficient (Wildman–Crippen LogP) is 1.92. The Morgan fingerprint density at radius 2 is 2.00 bits per heavy atom. The van der Waals surface area contributed by atoms with Crippen LogP contribution in [0.15, 0.2) is 0 Å². The molecule has 0 N–H and O–H groups in total. The molecule has 0 saturated heterocycles. The van der Waals surface area contributed by atoms with Gasteiger partial charge in [0.25, 0.3) is 0 Å². The van der Waals surface area contributed by atoms with Gasteiger partial charge in [-0.1, -0.05) is 0 Å². The summed E-state index contributed by atoms with van der Waals surface area (Å²) in [6, 6.07) is 0. The van der Waals surface area contributed by atoms with Gasteiger partial charge in [-0.25, -0.2) is 8.78 Å². The van der Waals surface area contributed by atoms with Crippen LogP contribution in [0.1, 0.15) is 0 Å². The van der Waals surface area contributed by atoms with Gasteiger partial charge in [0.15, 0.2) is 0 Å². The van der Waals surface area contributed by atoms with Gasteiger partial charge in [0.1, 0.15) is 0 Å². The van der Waals surface area contributed by atoms with Crippen LogP contribution in [0.2, 0.25) is 0 Å². The minimum Gasteiger partial charge on any atom is -0.336 e. The predicted molar refractivity (Wildman–Crippen MR) is 25.8 cm³/mol. The van der Waals surface area contributed by atoms with Gasteiger partial charge in [-0.3, -0.25) is 0 Å². The van der Waals surface area contributed by atoms with Gasteiger partial charge in [-0.2, -0.15) is 4.39 Å². The van der Waals surface area contributed by atoms with E-state index in [0.717, 1.165) is 7.11 Å². The fourth-order valence-corrected chi connectivity index (χ4v) is 0.0891. The Morgan fingerprint density at radius 1 is 1.62 bits per heavy atom. The van der Waals surface area contributed by atoms with Crippen molar-refractivity contribution in [2.75, 3.05) is 7.11 Å². The molecule has 1 unspecified atom stereocenters. The van der Waals surface area contributed by atoms with Crippen molar-refractivity contribution >= 4 is 15.9 Å². The van der Waals surface area contributed by atoms with Crippen molar-refractivity contribution in [1.29, 1.82) is 0 Å². The molecule has 50 valence electrons. The first-order chi connectivity index (χ1) is 3.50. The summed E-state index contributed by atoms with van der Waals surface area (Å²) >= 11 is 2.01. The topological polar surface area (TPSA) is 9.23 Å². The highest BCUT2D eigenvalue weighted by atomic mass is 79.9. The van der Waals surface area contributed by atoms with Crippen molar-refractivity contribution in [2.45, 2.75) is 11.2 Å². The average Bonchev–Trinajstić information content (AvgIpc) is 1.67. The average molecular weight is 193 g/mol. The van der Waals surface area contributed by atoms with Gasteiger partial charge in [0.05, 0.1) is 0 Å². The number of rotatable bonds is 2. The highest BCUT2D eigenvalue weighted by Crippen LogP contribution is 2.27. The molecule has 0 aliphatic rings. The molecule has 0 amide bonds. The zero-order valence-corrected chi connectivity index (χ0v) is 5.58. The number of hydrogen-bond acceptors (Lipinski definition) is 1. The van der Waals surface area contributed by atoms with Crippen LogP contribution in [0.4, 0.5) is 13.2 Å². The molecule has 0 saturated carbocycles. The molecule has 1 nitrogen and oxygen atoms in total. The van der Waals surface area contributed by atoms with E-state index in [9.17, 15) is 13.2 Å². The summed E-state index contributed by atoms with van der Waals surface area (Å²) in [6.07, 6.45) is -3.16. The van der Waals surface area contributed by atoms with E-state index in [2.05, 4.69) is 4.74 Å². The molecular weight excluding hydrogens is 189 g/mol. The fourth-order valence-electron chi connectivity index (χ4n) is 0.0891. The maximum Gasteiger partial charge on any atom is 0.326 e. The molecule has 0 fully saturated rings. The minimum absolute atomic E-state index is 0.848. The smallest absolute Gasteiger partial charge is 0.326 e. The lowest BCUT2D eigenvalue weighted by atomic mass is 10.7. The standard InChI is InChI=1S/C3H4BrF3O/c1-8-3(4,7)2(5)6/h2H,1H3. The molecule has 0 aromatic carbocycles. The number of hydrogen-bond donors (Lipinski definition) is 0. The van der Waals surface area contributed by atoms with Gasteiger partial charge in [-0.05, 0) is 15.9 Å². The van der Waals surface area contributed by atoms with Crippen molar-refractivity contribution in [3.8, 4) is 0 Å². The monoisotopic (exact) mass is 192 g/mol. The summed E-state index contributed by atoms with van der Waals surface area (Å²) in [7, 11) is 0.848. The first kappa shape index (κ1) is 8.23. The molecule has 0 aromatic rings. The lowest BCUT2D eigenvalue weighted by Gasteiger charge is -2.13. The van der Waals surface area contributed by atoms with Crippen LogP contribution in [0.3, 0.4) is 0 Å². The number of halogens is 4. The molecule has 5 heteroatoms. The quantitative estimate of drug-likeness (QED) is 0.608. The van der Waals surface area contributed by atoms with E-state index in [1.165, 1.54) is 0 Å². The molecule has 0 aromatic heterocycles. The fraction of sp³-hybridized carbons (Fsp3) is 1.00. The van der Waals surface area contributed by atoms with E-state index in [0.29, 0.717) is 0 Å². The molecule has 0 bridgehead atoms. The van der Waals surface area contributed by atoms with Gasteiger partial charge in [-0.15, -0.1) is 0 Å². The third-order valence-electron chi connectivity index (χ3n) is 0.526. The lowest BCUT2D eigenvalue weighted by molar-refractivity contribution is -0.132. The molecule has 0 heterocycles. The Balaban J connectivity index is 3.71.